The Morgan fingerprint density at radius 2 is 2.09 bits per heavy atom. The molecule has 1 aliphatic rings. The zero-order chi connectivity index (χ0) is 16.2. The highest BCUT2D eigenvalue weighted by atomic mass is 32.2. The van der Waals surface area contributed by atoms with E-state index in [-0.39, 0.29) is 11.7 Å². The molecule has 3 rings (SSSR count). The zero-order valence-corrected chi connectivity index (χ0v) is 13.8. The van der Waals surface area contributed by atoms with Gasteiger partial charge in [-0.1, -0.05) is 11.8 Å². The predicted molar refractivity (Wildman–Crippen MR) is 88.8 cm³/mol. The molecule has 2 aromatic rings. The Balaban J connectivity index is 1.62. The summed E-state index contributed by atoms with van der Waals surface area (Å²) in [6, 6.07) is 7.26. The van der Waals surface area contributed by atoms with Gasteiger partial charge in [-0.2, -0.15) is 0 Å². The number of thioether (sulfide) groups is 1. The molecule has 1 amide bonds. The van der Waals surface area contributed by atoms with Crippen molar-refractivity contribution in [2.45, 2.75) is 31.5 Å². The summed E-state index contributed by atoms with van der Waals surface area (Å²) in [5, 5.41) is 8.61. The molecular formula is C16H18N4O2S. The number of Topliss-reactive ketones (excluding diaryl/α,β-unsaturated/α-hetero) is 1. The number of aromatic nitrogens is 3. The van der Waals surface area contributed by atoms with Crippen LogP contribution in [0.15, 0.2) is 35.7 Å². The van der Waals surface area contributed by atoms with Crippen molar-refractivity contribution < 1.29 is 9.59 Å². The van der Waals surface area contributed by atoms with Gasteiger partial charge in [0.15, 0.2) is 10.9 Å². The van der Waals surface area contributed by atoms with Crippen molar-refractivity contribution in [3.8, 4) is 0 Å². The third kappa shape index (κ3) is 3.44. The highest BCUT2D eigenvalue weighted by Gasteiger charge is 2.21. The first-order valence-electron chi connectivity index (χ1n) is 7.63. The third-order valence-electron chi connectivity index (χ3n) is 3.83. The number of ketones is 1. The van der Waals surface area contributed by atoms with E-state index in [2.05, 4.69) is 10.2 Å². The van der Waals surface area contributed by atoms with Gasteiger partial charge in [0, 0.05) is 30.8 Å². The van der Waals surface area contributed by atoms with Crippen LogP contribution in [0, 0.1) is 0 Å². The van der Waals surface area contributed by atoms with Gasteiger partial charge < -0.3 is 9.47 Å². The summed E-state index contributed by atoms with van der Waals surface area (Å²) in [7, 11) is 0. The van der Waals surface area contributed by atoms with Gasteiger partial charge in [0.25, 0.3) is 0 Å². The monoisotopic (exact) mass is 330 g/mol. The minimum atomic E-state index is 0.0416. The number of amides is 1. The fourth-order valence-electron chi connectivity index (χ4n) is 2.53. The molecule has 1 fully saturated rings. The summed E-state index contributed by atoms with van der Waals surface area (Å²) in [5.74, 6) is 0.513. The summed E-state index contributed by atoms with van der Waals surface area (Å²) in [6.45, 7) is 3.55. The first-order chi connectivity index (χ1) is 11.2. The maximum atomic E-state index is 12.3. The second kappa shape index (κ2) is 6.95. The second-order valence-electron chi connectivity index (χ2n) is 5.31. The normalized spacial score (nSPS) is 14.5. The molecule has 6 nitrogen and oxygen atoms in total. The van der Waals surface area contributed by atoms with E-state index < -0.39 is 0 Å². The minimum absolute atomic E-state index is 0.0416. The second-order valence-corrected chi connectivity index (χ2v) is 6.25. The highest BCUT2D eigenvalue weighted by Crippen LogP contribution is 2.22. The molecule has 0 atom stereocenters. The lowest BCUT2D eigenvalue weighted by atomic mass is 10.1. The molecule has 1 aliphatic heterocycles. The molecule has 0 radical (unpaired) electrons. The van der Waals surface area contributed by atoms with E-state index >= 15 is 0 Å². The van der Waals surface area contributed by atoms with Crippen molar-refractivity contribution in [3.05, 3.63) is 36.2 Å². The average molecular weight is 330 g/mol. The molecule has 0 aliphatic carbocycles. The van der Waals surface area contributed by atoms with Crippen LogP contribution in [0.3, 0.4) is 0 Å². The maximum absolute atomic E-state index is 12.3. The SMILES string of the molecule is CCn1cnnc1SCC(=O)c1ccc(N2CCCC2=O)cc1. The topological polar surface area (TPSA) is 68.1 Å². The number of hydrogen-bond donors (Lipinski definition) is 0. The molecule has 0 spiro atoms. The van der Waals surface area contributed by atoms with Crippen LogP contribution in [0.4, 0.5) is 5.69 Å². The van der Waals surface area contributed by atoms with Crippen LogP contribution >= 0.6 is 11.8 Å². The van der Waals surface area contributed by atoms with Gasteiger partial charge in [-0.3, -0.25) is 9.59 Å². The van der Waals surface area contributed by atoms with E-state index in [0.717, 1.165) is 30.4 Å². The number of aryl methyl sites for hydroxylation is 1. The van der Waals surface area contributed by atoms with E-state index in [0.29, 0.717) is 17.7 Å². The molecule has 1 aromatic carbocycles. The number of hydrogen-bond acceptors (Lipinski definition) is 5. The summed E-state index contributed by atoms with van der Waals surface area (Å²) < 4.78 is 1.90. The number of benzene rings is 1. The van der Waals surface area contributed by atoms with Crippen LogP contribution in [-0.4, -0.2) is 38.8 Å². The van der Waals surface area contributed by atoms with Gasteiger partial charge in [-0.25, -0.2) is 0 Å². The maximum Gasteiger partial charge on any atom is 0.227 e. The quantitative estimate of drug-likeness (QED) is 0.601. The van der Waals surface area contributed by atoms with Crippen LogP contribution in [0.25, 0.3) is 0 Å². The van der Waals surface area contributed by atoms with E-state index in [9.17, 15) is 9.59 Å². The van der Waals surface area contributed by atoms with Crippen molar-refractivity contribution in [1.82, 2.24) is 14.8 Å². The lowest BCUT2D eigenvalue weighted by molar-refractivity contribution is -0.117. The van der Waals surface area contributed by atoms with Gasteiger partial charge >= 0.3 is 0 Å². The van der Waals surface area contributed by atoms with Gasteiger partial charge in [0.1, 0.15) is 6.33 Å². The molecule has 120 valence electrons. The number of anilines is 1. The molecule has 1 saturated heterocycles. The van der Waals surface area contributed by atoms with E-state index in [4.69, 9.17) is 0 Å². The smallest absolute Gasteiger partial charge is 0.227 e. The lowest BCUT2D eigenvalue weighted by Crippen LogP contribution is -2.23. The number of carbonyl (C=O) groups excluding carboxylic acids is 2. The Hall–Kier alpha value is -2.15. The predicted octanol–water partition coefficient (Wildman–Crippen LogP) is 2.40. The molecule has 23 heavy (non-hydrogen) atoms. The van der Waals surface area contributed by atoms with Crippen LogP contribution in [0.5, 0.6) is 0 Å². The first kappa shape index (κ1) is 15.7. The van der Waals surface area contributed by atoms with Crippen molar-refractivity contribution in [2.75, 3.05) is 17.2 Å². The van der Waals surface area contributed by atoms with Crippen molar-refractivity contribution in [1.29, 1.82) is 0 Å². The summed E-state index contributed by atoms with van der Waals surface area (Å²) in [5.41, 5.74) is 1.51. The molecule has 0 unspecified atom stereocenters. The Labute approximate surface area is 138 Å². The first-order valence-corrected chi connectivity index (χ1v) is 8.62. The molecular weight excluding hydrogens is 312 g/mol. The Morgan fingerprint density at radius 1 is 1.30 bits per heavy atom. The van der Waals surface area contributed by atoms with Gasteiger partial charge in [0.05, 0.1) is 5.75 Å². The summed E-state index contributed by atoms with van der Waals surface area (Å²) >= 11 is 1.39. The van der Waals surface area contributed by atoms with Crippen molar-refractivity contribution in [2.24, 2.45) is 0 Å². The van der Waals surface area contributed by atoms with Gasteiger partial charge in [0.2, 0.25) is 5.91 Å². The molecule has 0 saturated carbocycles. The fraction of sp³-hybridized carbons (Fsp3) is 0.375. The molecule has 1 aromatic heterocycles. The summed E-state index contributed by atoms with van der Waals surface area (Å²) in [4.78, 5) is 25.8. The van der Waals surface area contributed by atoms with Gasteiger partial charge in [-0.05, 0) is 37.6 Å². The number of rotatable bonds is 6. The van der Waals surface area contributed by atoms with Crippen LogP contribution in [0.2, 0.25) is 0 Å². The Morgan fingerprint density at radius 3 is 2.74 bits per heavy atom. The zero-order valence-electron chi connectivity index (χ0n) is 12.9. The Bertz CT molecular complexity index is 711. The van der Waals surface area contributed by atoms with E-state index in [1.807, 2.05) is 23.6 Å². The molecule has 0 bridgehead atoms. The van der Waals surface area contributed by atoms with Crippen molar-refractivity contribution in [3.63, 3.8) is 0 Å². The Kier molecular flexibility index (Phi) is 4.76. The number of nitrogens with zero attached hydrogens (tertiary/aromatic N) is 4. The standard InChI is InChI=1S/C16H18N4O2S/c1-2-19-11-17-18-16(19)23-10-14(21)12-5-7-13(8-6-12)20-9-3-4-15(20)22/h5-8,11H,2-4,9-10H2,1H3. The van der Waals surface area contributed by atoms with Crippen LogP contribution < -0.4 is 4.90 Å². The minimum Gasteiger partial charge on any atom is -0.312 e. The highest BCUT2D eigenvalue weighted by molar-refractivity contribution is 7.99. The third-order valence-corrected chi connectivity index (χ3v) is 4.81. The summed E-state index contributed by atoms with van der Waals surface area (Å²) in [6.07, 6.45) is 3.17. The van der Waals surface area contributed by atoms with E-state index in [1.54, 1.807) is 23.4 Å². The number of carbonyl (C=O) groups is 2. The average Bonchev–Trinajstić information content (AvgIpc) is 3.21. The van der Waals surface area contributed by atoms with E-state index in [1.165, 1.54) is 11.8 Å². The van der Waals surface area contributed by atoms with Gasteiger partial charge in [-0.15, -0.1) is 10.2 Å². The molecule has 7 heteroatoms. The van der Waals surface area contributed by atoms with Crippen LogP contribution in [-0.2, 0) is 11.3 Å². The lowest BCUT2D eigenvalue weighted by Gasteiger charge is -2.15. The molecule has 2 heterocycles. The van der Waals surface area contributed by atoms with Crippen molar-refractivity contribution >= 4 is 29.1 Å². The van der Waals surface area contributed by atoms with Crippen LogP contribution in [0.1, 0.15) is 30.1 Å². The molecule has 0 N–H and O–H groups in total. The fourth-order valence-corrected chi connectivity index (χ4v) is 3.41. The largest absolute Gasteiger partial charge is 0.312 e.